The molecule has 0 amide bonds. The number of aliphatic hydroxyl groups excluding tert-OH is 1. The molecule has 1 aromatic carbocycles. The lowest BCUT2D eigenvalue weighted by molar-refractivity contribution is -0.384. The molecule has 5 nitrogen and oxygen atoms in total. The van der Waals surface area contributed by atoms with Gasteiger partial charge in [-0.3, -0.25) is 10.1 Å². The highest BCUT2D eigenvalue weighted by Gasteiger charge is 2.11. The molecule has 17 heavy (non-hydrogen) atoms. The van der Waals surface area contributed by atoms with Crippen molar-refractivity contribution in [3.05, 3.63) is 39.9 Å². The number of benzene rings is 1. The van der Waals surface area contributed by atoms with E-state index in [1.54, 1.807) is 12.1 Å². The smallest absolute Gasteiger partial charge is 0.269 e. The summed E-state index contributed by atoms with van der Waals surface area (Å²) in [4.78, 5) is 10.0. The van der Waals surface area contributed by atoms with Gasteiger partial charge in [0.15, 0.2) is 0 Å². The normalized spacial score (nSPS) is 14.3. The SMILES string of the molecule is CCC(C)NCC(O)c1ccc([N+](=O)[O-])cc1. The minimum Gasteiger partial charge on any atom is -0.387 e. The highest BCUT2D eigenvalue weighted by atomic mass is 16.6. The van der Waals surface area contributed by atoms with Crippen LogP contribution >= 0.6 is 0 Å². The quantitative estimate of drug-likeness (QED) is 0.587. The third-order valence-electron chi connectivity index (χ3n) is 2.76. The first-order valence-electron chi connectivity index (χ1n) is 5.70. The van der Waals surface area contributed by atoms with Gasteiger partial charge < -0.3 is 10.4 Å². The number of aliphatic hydroxyl groups is 1. The molecular formula is C12H18N2O3. The minimum atomic E-state index is -0.634. The molecule has 2 atom stereocenters. The second kappa shape index (κ2) is 6.32. The van der Waals surface area contributed by atoms with E-state index >= 15 is 0 Å². The Kier molecular flexibility index (Phi) is 5.06. The molecule has 0 aliphatic carbocycles. The molecule has 0 spiro atoms. The van der Waals surface area contributed by atoms with Crippen LogP contribution in [0.5, 0.6) is 0 Å². The molecule has 94 valence electrons. The van der Waals surface area contributed by atoms with Crippen molar-refractivity contribution in [3.8, 4) is 0 Å². The number of hydrogen-bond donors (Lipinski definition) is 2. The van der Waals surface area contributed by atoms with Gasteiger partial charge in [0.2, 0.25) is 0 Å². The zero-order valence-electron chi connectivity index (χ0n) is 10.1. The van der Waals surface area contributed by atoms with Gasteiger partial charge in [-0.05, 0) is 31.0 Å². The lowest BCUT2D eigenvalue weighted by Crippen LogP contribution is -2.29. The molecule has 2 unspecified atom stereocenters. The third kappa shape index (κ3) is 4.13. The summed E-state index contributed by atoms with van der Waals surface area (Å²) in [6.07, 6.45) is 0.359. The predicted molar refractivity (Wildman–Crippen MR) is 65.8 cm³/mol. The highest BCUT2D eigenvalue weighted by Crippen LogP contribution is 2.17. The van der Waals surface area contributed by atoms with Gasteiger partial charge in [-0.1, -0.05) is 6.92 Å². The summed E-state index contributed by atoms with van der Waals surface area (Å²) >= 11 is 0. The van der Waals surface area contributed by atoms with Gasteiger partial charge in [0.05, 0.1) is 11.0 Å². The van der Waals surface area contributed by atoms with Crippen LogP contribution in [0.4, 0.5) is 5.69 Å². The van der Waals surface area contributed by atoms with Crippen LogP contribution in [0.3, 0.4) is 0 Å². The van der Waals surface area contributed by atoms with Crippen molar-refractivity contribution in [3.63, 3.8) is 0 Å². The van der Waals surface area contributed by atoms with E-state index in [1.807, 2.05) is 6.92 Å². The zero-order valence-corrected chi connectivity index (χ0v) is 10.1. The Hall–Kier alpha value is -1.46. The Morgan fingerprint density at radius 3 is 2.47 bits per heavy atom. The summed E-state index contributed by atoms with van der Waals surface area (Å²) in [7, 11) is 0. The van der Waals surface area contributed by atoms with Crippen LogP contribution in [0, 0.1) is 10.1 Å². The molecule has 0 saturated carbocycles. The first kappa shape index (κ1) is 13.6. The average molecular weight is 238 g/mol. The summed E-state index contributed by atoms with van der Waals surface area (Å²) in [6, 6.07) is 6.33. The molecule has 0 fully saturated rings. The summed E-state index contributed by atoms with van der Waals surface area (Å²) in [5.41, 5.74) is 0.724. The van der Waals surface area contributed by atoms with Gasteiger partial charge in [-0.15, -0.1) is 0 Å². The molecule has 0 radical (unpaired) electrons. The number of nitro benzene ring substituents is 1. The number of nitro groups is 1. The Bertz CT molecular complexity index is 365. The molecule has 0 aliphatic heterocycles. The van der Waals surface area contributed by atoms with Crippen LogP contribution in [-0.4, -0.2) is 22.6 Å². The van der Waals surface area contributed by atoms with Crippen molar-refractivity contribution in [2.24, 2.45) is 0 Å². The molecule has 0 bridgehead atoms. The average Bonchev–Trinajstić information content (AvgIpc) is 2.35. The van der Waals surface area contributed by atoms with Gasteiger partial charge in [0, 0.05) is 24.7 Å². The Morgan fingerprint density at radius 1 is 1.41 bits per heavy atom. The fourth-order valence-electron chi connectivity index (χ4n) is 1.39. The number of rotatable bonds is 6. The summed E-state index contributed by atoms with van der Waals surface area (Å²) in [6.45, 7) is 4.56. The van der Waals surface area contributed by atoms with Crippen LogP contribution in [0.2, 0.25) is 0 Å². The second-order valence-corrected chi connectivity index (χ2v) is 4.08. The van der Waals surface area contributed by atoms with Crippen LogP contribution in [-0.2, 0) is 0 Å². The summed E-state index contributed by atoms with van der Waals surface area (Å²) in [5, 5.41) is 23.5. The van der Waals surface area contributed by atoms with Crippen molar-refractivity contribution in [1.29, 1.82) is 0 Å². The van der Waals surface area contributed by atoms with Gasteiger partial charge in [0.1, 0.15) is 0 Å². The van der Waals surface area contributed by atoms with E-state index in [4.69, 9.17) is 0 Å². The number of nitrogens with one attached hydrogen (secondary N) is 1. The number of nitrogens with zero attached hydrogens (tertiary/aromatic N) is 1. The first-order valence-corrected chi connectivity index (χ1v) is 5.70. The van der Waals surface area contributed by atoms with E-state index in [9.17, 15) is 15.2 Å². The molecule has 0 saturated heterocycles. The lowest BCUT2D eigenvalue weighted by atomic mass is 10.1. The molecule has 2 N–H and O–H groups in total. The lowest BCUT2D eigenvalue weighted by Gasteiger charge is -2.15. The maximum atomic E-state index is 10.5. The predicted octanol–water partition coefficient (Wildman–Crippen LogP) is 2.02. The largest absolute Gasteiger partial charge is 0.387 e. The molecular weight excluding hydrogens is 220 g/mol. The standard InChI is InChI=1S/C12H18N2O3/c1-3-9(2)13-8-12(15)10-4-6-11(7-5-10)14(16)17/h4-7,9,12-13,15H,3,8H2,1-2H3. The Balaban J connectivity index is 2.57. The van der Waals surface area contributed by atoms with E-state index in [0.717, 1.165) is 6.42 Å². The zero-order chi connectivity index (χ0) is 12.8. The Morgan fingerprint density at radius 2 is 2.00 bits per heavy atom. The van der Waals surface area contributed by atoms with Crippen molar-refractivity contribution in [2.45, 2.75) is 32.4 Å². The second-order valence-electron chi connectivity index (χ2n) is 4.08. The van der Waals surface area contributed by atoms with E-state index in [-0.39, 0.29) is 5.69 Å². The van der Waals surface area contributed by atoms with Crippen molar-refractivity contribution < 1.29 is 10.0 Å². The fourth-order valence-corrected chi connectivity index (χ4v) is 1.39. The number of non-ortho nitro benzene ring substituents is 1. The summed E-state index contributed by atoms with van der Waals surface area (Å²) in [5.74, 6) is 0. The molecule has 0 heterocycles. The molecule has 1 rings (SSSR count). The van der Waals surface area contributed by atoms with Crippen LogP contribution in [0.15, 0.2) is 24.3 Å². The van der Waals surface area contributed by atoms with Crippen LogP contribution in [0.25, 0.3) is 0 Å². The molecule has 1 aromatic rings. The van der Waals surface area contributed by atoms with Crippen LogP contribution < -0.4 is 5.32 Å². The van der Waals surface area contributed by atoms with Gasteiger partial charge in [0.25, 0.3) is 5.69 Å². The van der Waals surface area contributed by atoms with Crippen LogP contribution in [0.1, 0.15) is 31.9 Å². The molecule has 5 heteroatoms. The van der Waals surface area contributed by atoms with E-state index in [0.29, 0.717) is 18.2 Å². The van der Waals surface area contributed by atoms with Gasteiger partial charge >= 0.3 is 0 Å². The van der Waals surface area contributed by atoms with Crippen molar-refractivity contribution in [2.75, 3.05) is 6.54 Å². The topological polar surface area (TPSA) is 75.4 Å². The monoisotopic (exact) mass is 238 g/mol. The maximum absolute atomic E-state index is 10.5. The van der Waals surface area contributed by atoms with E-state index in [2.05, 4.69) is 12.2 Å². The molecule has 0 aliphatic rings. The maximum Gasteiger partial charge on any atom is 0.269 e. The fraction of sp³-hybridized carbons (Fsp3) is 0.500. The minimum absolute atomic E-state index is 0.0378. The number of hydrogen-bond acceptors (Lipinski definition) is 4. The molecule has 0 aromatic heterocycles. The van der Waals surface area contributed by atoms with Crippen molar-refractivity contribution >= 4 is 5.69 Å². The van der Waals surface area contributed by atoms with E-state index in [1.165, 1.54) is 12.1 Å². The highest BCUT2D eigenvalue weighted by molar-refractivity contribution is 5.33. The van der Waals surface area contributed by atoms with Gasteiger partial charge in [-0.2, -0.15) is 0 Å². The van der Waals surface area contributed by atoms with Crippen molar-refractivity contribution in [1.82, 2.24) is 5.32 Å². The van der Waals surface area contributed by atoms with Gasteiger partial charge in [-0.25, -0.2) is 0 Å². The summed E-state index contributed by atoms with van der Waals surface area (Å²) < 4.78 is 0. The first-order chi connectivity index (χ1) is 8.04. The van der Waals surface area contributed by atoms with E-state index < -0.39 is 11.0 Å². The third-order valence-corrected chi connectivity index (χ3v) is 2.76. The Labute approximate surface area is 101 Å².